The van der Waals surface area contributed by atoms with E-state index in [1.54, 1.807) is 30.3 Å². The maximum absolute atomic E-state index is 13.0. The highest BCUT2D eigenvalue weighted by Crippen LogP contribution is 2.18. The van der Waals surface area contributed by atoms with Crippen molar-refractivity contribution in [3.8, 4) is 0 Å². The largest absolute Gasteiger partial charge is 0.353 e. The third-order valence-electron chi connectivity index (χ3n) is 4.81. The van der Waals surface area contributed by atoms with E-state index in [4.69, 9.17) is 0 Å². The molecule has 1 fully saturated rings. The number of rotatable bonds is 7. The van der Waals surface area contributed by atoms with Crippen LogP contribution in [0.3, 0.4) is 0 Å². The van der Waals surface area contributed by atoms with Gasteiger partial charge in [0.15, 0.2) is 0 Å². The Labute approximate surface area is 167 Å². The van der Waals surface area contributed by atoms with Crippen LogP contribution in [0, 0.1) is 0 Å². The molecule has 2 N–H and O–H groups in total. The van der Waals surface area contributed by atoms with Crippen LogP contribution in [0.2, 0.25) is 0 Å². The van der Waals surface area contributed by atoms with E-state index in [2.05, 4.69) is 15.6 Å². The van der Waals surface area contributed by atoms with Crippen LogP contribution < -0.4 is 16.2 Å². The third-order valence-corrected chi connectivity index (χ3v) is 4.81. The molecule has 0 saturated heterocycles. The number of carbonyl (C=O) groups is 2. The van der Waals surface area contributed by atoms with Crippen LogP contribution in [0.25, 0.3) is 11.0 Å². The molecule has 7 heteroatoms. The van der Waals surface area contributed by atoms with Crippen molar-refractivity contribution in [3.05, 3.63) is 70.6 Å². The predicted molar refractivity (Wildman–Crippen MR) is 111 cm³/mol. The number of nitrogens with zero attached hydrogens (tertiary/aromatic N) is 2. The molecule has 4 rings (SSSR count). The number of amides is 2. The van der Waals surface area contributed by atoms with Crippen molar-refractivity contribution in [2.24, 2.45) is 0 Å². The molecule has 0 aliphatic heterocycles. The van der Waals surface area contributed by atoms with Gasteiger partial charge >= 0.3 is 0 Å². The summed E-state index contributed by atoms with van der Waals surface area (Å²) in [4.78, 5) is 42.0. The van der Waals surface area contributed by atoms with Crippen LogP contribution >= 0.6 is 0 Å². The number of carbonyl (C=O) groups excluding carboxylic acids is 2. The van der Waals surface area contributed by atoms with Crippen molar-refractivity contribution < 1.29 is 9.59 Å². The van der Waals surface area contributed by atoms with Crippen LogP contribution in [0.1, 0.15) is 25.0 Å². The number of aryl methyl sites for hydroxylation is 1. The first-order chi connectivity index (χ1) is 14.1. The molecular weight excluding hydrogens is 368 g/mol. The third kappa shape index (κ3) is 4.68. The van der Waals surface area contributed by atoms with E-state index in [-0.39, 0.29) is 42.8 Å². The van der Waals surface area contributed by atoms with Crippen LogP contribution in [0.5, 0.6) is 0 Å². The highest BCUT2D eigenvalue weighted by molar-refractivity contribution is 5.91. The number of hydrogen-bond acceptors (Lipinski definition) is 4. The molecule has 7 nitrogen and oxygen atoms in total. The van der Waals surface area contributed by atoms with E-state index < -0.39 is 0 Å². The number of nitrogens with one attached hydrogen (secondary N) is 2. The molecule has 0 unspecified atom stereocenters. The molecule has 29 heavy (non-hydrogen) atoms. The van der Waals surface area contributed by atoms with Crippen LogP contribution in [0.15, 0.2) is 59.4 Å². The minimum atomic E-state index is -0.342. The lowest BCUT2D eigenvalue weighted by Crippen LogP contribution is -2.32. The second kappa shape index (κ2) is 8.26. The summed E-state index contributed by atoms with van der Waals surface area (Å²) in [5.41, 5.74) is 1.83. The molecule has 1 aliphatic carbocycles. The molecule has 0 atom stereocenters. The molecule has 3 aromatic rings. The molecule has 0 radical (unpaired) electrons. The van der Waals surface area contributed by atoms with Gasteiger partial charge in [-0.3, -0.25) is 19.0 Å². The summed E-state index contributed by atoms with van der Waals surface area (Å²) in [5, 5.41) is 5.71. The topological polar surface area (TPSA) is 93.1 Å². The Morgan fingerprint density at radius 1 is 1.00 bits per heavy atom. The van der Waals surface area contributed by atoms with Crippen molar-refractivity contribution in [2.75, 3.05) is 5.32 Å². The van der Waals surface area contributed by atoms with Gasteiger partial charge in [-0.15, -0.1) is 0 Å². The summed E-state index contributed by atoms with van der Waals surface area (Å²) in [6.45, 7) is -0.127. The number of benzene rings is 2. The lowest BCUT2D eigenvalue weighted by Gasteiger charge is -2.12. The summed E-state index contributed by atoms with van der Waals surface area (Å²) in [6, 6.07) is 16.6. The summed E-state index contributed by atoms with van der Waals surface area (Å²) < 4.78 is 1.43. The number of fused-ring (bicyclic) bond motifs is 1. The van der Waals surface area contributed by atoms with E-state index in [0.29, 0.717) is 22.4 Å². The van der Waals surface area contributed by atoms with Crippen LogP contribution in [0.4, 0.5) is 5.69 Å². The average molecular weight is 390 g/mol. The van der Waals surface area contributed by atoms with Crippen molar-refractivity contribution in [1.82, 2.24) is 14.9 Å². The van der Waals surface area contributed by atoms with Gasteiger partial charge in [-0.2, -0.15) is 0 Å². The number of anilines is 1. The van der Waals surface area contributed by atoms with E-state index in [9.17, 15) is 14.4 Å². The summed E-state index contributed by atoms with van der Waals surface area (Å²) in [5.74, 6) is -0.373. The minimum Gasteiger partial charge on any atom is -0.353 e. The zero-order chi connectivity index (χ0) is 20.2. The highest BCUT2D eigenvalue weighted by atomic mass is 16.2. The van der Waals surface area contributed by atoms with Gasteiger partial charge in [0, 0.05) is 24.6 Å². The molecule has 1 saturated carbocycles. The van der Waals surface area contributed by atoms with E-state index in [0.717, 1.165) is 12.8 Å². The minimum absolute atomic E-state index is 0.0739. The van der Waals surface area contributed by atoms with Crippen LogP contribution in [-0.4, -0.2) is 27.4 Å². The molecule has 1 aliphatic rings. The van der Waals surface area contributed by atoms with Gasteiger partial charge in [-0.25, -0.2) is 4.98 Å². The van der Waals surface area contributed by atoms with E-state index in [1.807, 2.05) is 24.3 Å². The predicted octanol–water partition coefficient (Wildman–Crippen LogP) is 2.25. The summed E-state index contributed by atoms with van der Waals surface area (Å²) >= 11 is 0. The first kappa shape index (κ1) is 18.9. The second-order valence-electron chi connectivity index (χ2n) is 7.19. The standard InChI is InChI=1S/C22H22N4O3/c27-20(23-16-10-11-16)13-12-18-22(29)26(19-9-5-4-8-17(19)25-18)14-21(28)24-15-6-2-1-3-7-15/h1-9,16H,10-14H2,(H,23,27)(H,24,28). The first-order valence-electron chi connectivity index (χ1n) is 9.73. The van der Waals surface area contributed by atoms with Crippen molar-refractivity contribution in [3.63, 3.8) is 0 Å². The Hall–Kier alpha value is -3.48. The van der Waals surface area contributed by atoms with Crippen molar-refractivity contribution in [1.29, 1.82) is 0 Å². The molecule has 2 aromatic carbocycles. The van der Waals surface area contributed by atoms with Gasteiger partial charge in [0.1, 0.15) is 12.2 Å². The number of aromatic nitrogens is 2. The molecular formula is C22H22N4O3. The van der Waals surface area contributed by atoms with E-state index >= 15 is 0 Å². The Morgan fingerprint density at radius 3 is 2.48 bits per heavy atom. The van der Waals surface area contributed by atoms with Gasteiger partial charge in [-0.05, 0) is 37.1 Å². The van der Waals surface area contributed by atoms with Gasteiger partial charge in [0.05, 0.1) is 11.0 Å². The first-order valence-corrected chi connectivity index (χ1v) is 9.73. The van der Waals surface area contributed by atoms with E-state index in [1.165, 1.54) is 4.57 Å². The van der Waals surface area contributed by atoms with Crippen LogP contribution in [-0.2, 0) is 22.6 Å². The Kier molecular flexibility index (Phi) is 5.37. The monoisotopic (exact) mass is 390 g/mol. The summed E-state index contributed by atoms with van der Waals surface area (Å²) in [6.07, 6.45) is 2.47. The number of hydrogen-bond donors (Lipinski definition) is 2. The zero-order valence-electron chi connectivity index (χ0n) is 15.9. The molecule has 0 spiro atoms. The number of para-hydroxylation sites is 3. The molecule has 0 bridgehead atoms. The van der Waals surface area contributed by atoms with Gasteiger partial charge in [-0.1, -0.05) is 30.3 Å². The second-order valence-corrected chi connectivity index (χ2v) is 7.19. The maximum Gasteiger partial charge on any atom is 0.273 e. The van der Waals surface area contributed by atoms with Gasteiger partial charge in [0.25, 0.3) is 5.56 Å². The Bertz CT molecular complexity index is 1100. The molecule has 2 amide bonds. The molecule has 148 valence electrons. The molecule has 1 heterocycles. The fourth-order valence-electron chi connectivity index (χ4n) is 3.19. The average Bonchev–Trinajstić information content (AvgIpc) is 3.53. The van der Waals surface area contributed by atoms with Gasteiger partial charge in [0.2, 0.25) is 11.8 Å². The van der Waals surface area contributed by atoms with Crippen molar-refractivity contribution in [2.45, 2.75) is 38.3 Å². The molecule has 1 aromatic heterocycles. The fourth-order valence-corrected chi connectivity index (χ4v) is 3.19. The highest BCUT2D eigenvalue weighted by Gasteiger charge is 2.23. The Morgan fingerprint density at radius 2 is 1.72 bits per heavy atom. The smallest absolute Gasteiger partial charge is 0.273 e. The maximum atomic E-state index is 13.0. The van der Waals surface area contributed by atoms with Gasteiger partial charge < -0.3 is 10.6 Å². The zero-order valence-corrected chi connectivity index (χ0v) is 15.9. The lowest BCUT2D eigenvalue weighted by atomic mass is 10.2. The fraction of sp³-hybridized carbons (Fsp3) is 0.273. The quantitative estimate of drug-likeness (QED) is 0.647. The summed E-state index contributed by atoms with van der Waals surface area (Å²) in [7, 11) is 0. The SMILES string of the molecule is O=C(Cn1c(=O)c(CCC(=O)NC2CC2)nc2ccccc21)Nc1ccccc1. The normalized spacial score (nSPS) is 13.2. The van der Waals surface area contributed by atoms with Crippen molar-refractivity contribution >= 4 is 28.5 Å². The Balaban J connectivity index is 1.57. The lowest BCUT2D eigenvalue weighted by molar-refractivity contribution is -0.121.